The summed E-state index contributed by atoms with van der Waals surface area (Å²) in [6.45, 7) is 3.32. The number of hydrogen-bond donors (Lipinski definition) is 3. The number of aliphatic hydroxyl groups is 2. The zero-order valence-corrected chi connectivity index (χ0v) is 18.8. The molecule has 3 aromatic rings. The fourth-order valence-corrected chi connectivity index (χ4v) is 4.26. The Morgan fingerprint density at radius 2 is 1.85 bits per heavy atom. The van der Waals surface area contributed by atoms with Crippen molar-refractivity contribution in [3.8, 4) is 0 Å². The summed E-state index contributed by atoms with van der Waals surface area (Å²) in [5.74, 6) is -0.432. The molecule has 1 aliphatic carbocycles. The highest BCUT2D eigenvalue weighted by Crippen LogP contribution is 2.35. The molecule has 2 heterocycles. The molecule has 3 N–H and O–H groups in total. The summed E-state index contributed by atoms with van der Waals surface area (Å²) in [4.78, 5) is 19.5. The van der Waals surface area contributed by atoms with Crippen LogP contribution in [0.4, 0.5) is 18.9 Å². The zero-order chi connectivity index (χ0) is 24.7. The average molecular weight is 477 g/mol. The zero-order valence-electron chi connectivity index (χ0n) is 18.8. The van der Waals surface area contributed by atoms with Crippen LogP contribution < -0.4 is 5.32 Å². The third-order valence-electron chi connectivity index (χ3n) is 6.19. The van der Waals surface area contributed by atoms with Gasteiger partial charge in [0.1, 0.15) is 5.69 Å². The van der Waals surface area contributed by atoms with Crippen LogP contribution in [-0.4, -0.2) is 42.5 Å². The predicted molar refractivity (Wildman–Crippen MR) is 118 cm³/mol. The number of aromatic nitrogens is 4. The van der Waals surface area contributed by atoms with Gasteiger partial charge in [-0.25, -0.2) is 9.97 Å². The molecule has 0 unspecified atom stereocenters. The van der Waals surface area contributed by atoms with Gasteiger partial charge < -0.3 is 15.5 Å². The summed E-state index contributed by atoms with van der Waals surface area (Å²) in [7, 11) is 0. The smallest absolute Gasteiger partial charge is 0.396 e. The molecule has 1 amide bonds. The van der Waals surface area contributed by atoms with E-state index in [4.69, 9.17) is 0 Å². The minimum absolute atomic E-state index is 0.190. The van der Waals surface area contributed by atoms with Gasteiger partial charge in [0.15, 0.2) is 5.69 Å². The second-order valence-corrected chi connectivity index (χ2v) is 9.22. The summed E-state index contributed by atoms with van der Waals surface area (Å²) in [5.41, 5.74) is -1.45. The standard InChI is InChI=1S/C23H26F3N5O3/c1-22(2,34)16-8-17-14(11-31(30-17)15-5-3-13(12-32)4-6-15)7-18(16)29-21(33)19-9-28-20(10-27-19)23(24,25)26/h7-11,13,15,32,34H,3-6,12H2,1-2H3,(H,29,33). The van der Waals surface area contributed by atoms with E-state index in [0.29, 0.717) is 28.9 Å². The number of rotatable bonds is 5. The lowest BCUT2D eigenvalue weighted by Gasteiger charge is -2.27. The van der Waals surface area contributed by atoms with E-state index < -0.39 is 23.4 Å². The Labute approximate surface area is 193 Å². The minimum Gasteiger partial charge on any atom is -0.396 e. The fraction of sp³-hybridized carbons (Fsp3) is 0.478. The highest BCUT2D eigenvalue weighted by molar-refractivity contribution is 6.04. The lowest BCUT2D eigenvalue weighted by molar-refractivity contribution is -0.141. The molecule has 0 atom stereocenters. The number of fused-ring (bicyclic) bond motifs is 1. The number of anilines is 1. The van der Waals surface area contributed by atoms with Gasteiger partial charge >= 0.3 is 6.18 Å². The van der Waals surface area contributed by atoms with Gasteiger partial charge in [0, 0.05) is 29.4 Å². The first-order valence-corrected chi connectivity index (χ1v) is 11.0. The van der Waals surface area contributed by atoms with Crippen molar-refractivity contribution in [2.45, 2.75) is 57.3 Å². The number of amides is 1. The van der Waals surface area contributed by atoms with E-state index >= 15 is 0 Å². The molecule has 8 nitrogen and oxygen atoms in total. The van der Waals surface area contributed by atoms with Gasteiger partial charge in [0.2, 0.25) is 0 Å². The van der Waals surface area contributed by atoms with Crippen LogP contribution in [0.1, 0.15) is 67.3 Å². The Morgan fingerprint density at radius 3 is 2.41 bits per heavy atom. The first-order chi connectivity index (χ1) is 16.0. The van der Waals surface area contributed by atoms with Crippen molar-refractivity contribution in [1.29, 1.82) is 0 Å². The lowest BCUT2D eigenvalue weighted by Crippen LogP contribution is -2.22. The van der Waals surface area contributed by atoms with Crippen molar-refractivity contribution < 1.29 is 28.2 Å². The third kappa shape index (κ3) is 5.05. The first kappa shape index (κ1) is 24.1. The van der Waals surface area contributed by atoms with Crippen molar-refractivity contribution in [3.63, 3.8) is 0 Å². The molecule has 1 aliphatic rings. The van der Waals surface area contributed by atoms with Gasteiger partial charge in [0.25, 0.3) is 5.91 Å². The van der Waals surface area contributed by atoms with Crippen LogP contribution in [0.2, 0.25) is 0 Å². The molecule has 0 radical (unpaired) electrons. The summed E-state index contributed by atoms with van der Waals surface area (Å²) >= 11 is 0. The number of halogens is 3. The second kappa shape index (κ2) is 8.95. The summed E-state index contributed by atoms with van der Waals surface area (Å²) in [6, 6.07) is 3.57. The molecule has 1 saturated carbocycles. The normalized spacial score (nSPS) is 19.4. The monoisotopic (exact) mass is 477 g/mol. The molecule has 1 fully saturated rings. The minimum atomic E-state index is -4.65. The molecule has 0 spiro atoms. The van der Waals surface area contributed by atoms with Crippen molar-refractivity contribution in [2.24, 2.45) is 5.92 Å². The van der Waals surface area contributed by atoms with Gasteiger partial charge in [-0.3, -0.25) is 9.48 Å². The van der Waals surface area contributed by atoms with Gasteiger partial charge in [0.05, 0.1) is 29.6 Å². The fourth-order valence-electron chi connectivity index (χ4n) is 4.26. The second-order valence-electron chi connectivity index (χ2n) is 9.22. The van der Waals surface area contributed by atoms with E-state index in [0.717, 1.165) is 37.3 Å². The number of nitrogens with zero attached hydrogens (tertiary/aromatic N) is 4. The molecular weight excluding hydrogens is 451 g/mol. The number of hydrogen-bond acceptors (Lipinski definition) is 6. The number of carbonyl (C=O) groups is 1. The highest BCUT2D eigenvalue weighted by atomic mass is 19.4. The molecule has 0 saturated heterocycles. The summed E-state index contributed by atoms with van der Waals surface area (Å²) in [5, 5.41) is 28.1. The van der Waals surface area contributed by atoms with E-state index in [1.165, 1.54) is 0 Å². The van der Waals surface area contributed by atoms with Crippen LogP contribution in [0.15, 0.2) is 30.7 Å². The van der Waals surface area contributed by atoms with Gasteiger partial charge in [-0.2, -0.15) is 18.3 Å². The molecule has 0 aliphatic heterocycles. The molecule has 1 aromatic carbocycles. The van der Waals surface area contributed by atoms with E-state index in [9.17, 15) is 28.2 Å². The first-order valence-electron chi connectivity index (χ1n) is 11.0. The van der Waals surface area contributed by atoms with Gasteiger partial charge in [-0.1, -0.05) is 0 Å². The van der Waals surface area contributed by atoms with Crippen molar-refractivity contribution in [3.05, 3.63) is 47.7 Å². The Bertz CT molecular complexity index is 1180. The quantitative estimate of drug-likeness (QED) is 0.511. The van der Waals surface area contributed by atoms with Crippen LogP contribution in [-0.2, 0) is 11.8 Å². The molecule has 2 aromatic heterocycles. The van der Waals surface area contributed by atoms with Crippen LogP contribution in [0, 0.1) is 5.92 Å². The number of alkyl halides is 3. The predicted octanol–water partition coefficient (Wildman–Crippen LogP) is 4.05. The maximum atomic E-state index is 12.7. The Kier molecular flexibility index (Phi) is 6.34. The maximum Gasteiger partial charge on any atom is 0.434 e. The van der Waals surface area contributed by atoms with E-state index in [2.05, 4.69) is 20.4 Å². The number of benzene rings is 1. The lowest BCUT2D eigenvalue weighted by atomic mass is 9.87. The number of aliphatic hydroxyl groups excluding tert-OH is 1. The Balaban J connectivity index is 1.62. The molecule has 182 valence electrons. The van der Waals surface area contributed by atoms with Crippen LogP contribution >= 0.6 is 0 Å². The summed E-state index contributed by atoms with van der Waals surface area (Å²) in [6.07, 6.45) is 2.12. The highest BCUT2D eigenvalue weighted by Gasteiger charge is 2.33. The van der Waals surface area contributed by atoms with Crippen molar-refractivity contribution in [1.82, 2.24) is 19.7 Å². The Morgan fingerprint density at radius 1 is 1.15 bits per heavy atom. The summed E-state index contributed by atoms with van der Waals surface area (Å²) < 4.78 is 40.1. The Hall–Kier alpha value is -3.05. The number of nitrogens with one attached hydrogen (secondary N) is 1. The van der Waals surface area contributed by atoms with E-state index in [-0.39, 0.29) is 18.3 Å². The maximum absolute atomic E-state index is 12.7. The molecule has 11 heteroatoms. The average Bonchev–Trinajstić information content (AvgIpc) is 3.20. The van der Waals surface area contributed by atoms with Crippen molar-refractivity contribution >= 4 is 22.5 Å². The van der Waals surface area contributed by atoms with Crippen LogP contribution in [0.25, 0.3) is 10.9 Å². The van der Waals surface area contributed by atoms with Gasteiger partial charge in [-0.15, -0.1) is 0 Å². The molecule has 0 bridgehead atoms. The topological polar surface area (TPSA) is 113 Å². The molecular formula is C23H26F3N5O3. The largest absolute Gasteiger partial charge is 0.434 e. The molecule has 4 rings (SSSR count). The third-order valence-corrected chi connectivity index (χ3v) is 6.19. The van der Waals surface area contributed by atoms with Crippen LogP contribution in [0.5, 0.6) is 0 Å². The van der Waals surface area contributed by atoms with Crippen molar-refractivity contribution in [2.75, 3.05) is 11.9 Å². The van der Waals surface area contributed by atoms with Gasteiger partial charge in [-0.05, 0) is 57.6 Å². The SMILES string of the molecule is CC(C)(O)c1cc2nn(C3CCC(CO)CC3)cc2cc1NC(=O)c1cnc(C(F)(F)F)cn1. The number of carbonyl (C=O) groups excluding carboxylic acids is 1. The molecule has 34 heavy (non-hydrogen) atoms. The van der Waals surface area contributed by atoms with E-state index in [1.807, 2.05) is 10.9 Å². The van der Waals surface area contributed by atoms with E-state index in [1.54, 1.807) is 26.0 Å². The van der Waals surface area contributed by atoms with Crippen LogP contribution in [0.3, 0.4) is 0 Å².